The number of ether oxygens (including phenoxy) is 1. The number of hydrogen-bond donors (Lipinski definition) is 1. The predicted octanol–water partition coefficient (Wildman–Crippen LogP) is 5.02. The fourth-order valence-electron chi connectivity index (χ4n) is 3.45. The smallest absolute Gasteiger partial charge is 0.245 e. The van der Waals surface area contributed by atoms with Gasteiger partial charge in [-0.1, -0.05) is 44.2 Å². The summed E-state index contributed by atoms with van der Waals surface area (Å²) in [5.41, 5.74) is 4.65. The maximum absolute atomic E-state index is 6.18. The maximum atomic E-state index is 6.18. The first-order valence-electron chi connectivity index (χ1n) is 9.82. The van der Waals surface area contributed by atoms with Crippen molar-refractivity contribution < 1.29 is 4.74 Å². The average molecular weight is 387 g/mol. The van der Waals surface area contributed by atoms with Crippen molar-refractivity contribution in [3.8, 4) is 5.75 Å². The molecule has 0 spiro atoms. The number of hydrogen-bond acceptors (Lipinski definition) is 4. The number of aryl methyl sites for hydroxylation is 1. The maximum Gasteiger partial charge on any atom is 0.245 e. The quantitative estimate of drug-likeness (QED) is 0.453. The Morgan fingerprint density at radius 3 is 2.86 bits per heavy atom. The zero-order valence-corrected chi connectivity index (χ0v) is 17.0. The molecule has 0 fully saturated rings. The lowest BCUT2D eigenvalue weighted by molar-refractivity contribution is 0.296. The van der Waals surface area contributed by atoms with E-state index in [2.05, 4.69) is 88.1 Å². The lowest BCUT2D eigenvalue weighted by atomic mass is 10.0. The van der Waals surface area contributed by atoms with Crippen LogP contribution >= 0.6 is 0 Å². The minimum Gasteiger partial charge on any atom is -0.491 e. The van der Waals surface area contributed by atoms with Crippen LogP contribution < -0.4 is 4.74 Å². The van der Waals surface area contributed by atoms with Crippen molar-refractivity contribution in [1.82, 2.24) is 19.7 Å². The summed E-state index contributed by atoms with van der Waals surface area (Å²) in [6, 6.07) is 14.7. The third kappa shape index (κ3) is 4.21. The molecular weight excluding hydrogens is 362 g/mol. The normalized spacial score (nSPS) is 11.7. The van der Waals surface area contributed by atoms with Gasteiger partial charge in [0.15, 0.2) is 0 Å². The van der Waals surface area contributed by atoms with Crippen LogP contribution in [0.5, 0.6) is 5.75 Å². The summed E-state index contributed by atoms with van der Waals surface area (Å²) >= 11 is 0. The molecule has 0 unspecified atom stereocenters. The third-order valence-electron chi connectivity index (χ3n) is 4.93. The molecule has 0 atom stereocenters. The van der Waals surface area contributed by atoms with Gasteiger partial charge in [-0.2, -0.15) is 10.1 Å². The second kappa shape index (κ2) is 8.31. The lowest BCUT2D eigenvalue weighted by Crippen LogP contribution is -2.09. The molecule has 0 radical (unpaired) electrons. The number of nitrogens with one attached hydrogen (secondary N) is 1. The zero-order chi connectivity index (χ0) is 20.2. The second-order valence-electron chi connectivity index (χ2n) is 7.41. The molecule has 6 heteroatoms. The topological polar surface area (TPSA) is 68.1 Å². The molecule has 2 aromatic heterocycles. The summed E-state index contributed by atoms with van der Waals surface area (Å²) in [4.78, 5) is 8.41. The Kier molecular flexibility index (Phi) is 5.42. The van der Waals surface area contributed by atoms with Crippen LogP contribution in [-0.2, 0) is 6.54 Å². The van der Waals surface area contributed by atoms with E-state index in [0.29, 0.717) is 18.5 Å². The molecule has 6 nitrogen and oxygen atoms in total. The van der Waals surface area contributed by atoms with E-state index in [1.807, 2.05) is 12.3 Å². The molecule has 0 amide bonds. The Morgan fingerprint density at radius 1 is 1.21 bits per heavy atom. The monoisotopic (exact) mass is 387 g/mol. The number of aromatic amines is 1. The highest BCUT2D eigenvalue weighted by Crippen LogP contribution is 2.28. The number of H-pyrrole nitrogens is 1. The van der Waals surface area contributed by atoms with Crippen LogP contribution in [0.4, 0.5) is 5.95 Å². The molecule has 0 aliphatic heterocycles. The predicted molar refractivity (Wildman–Crippen MR) is 116 cm³/mol. The van der Waals surface area contributed by atoms with Crippen LogP contribution in [0.3, 0.4) is 0 Å². The van der Waals surface area contributed by atoms with Gasteiger partial charge in [0.25, 0.3) is 0 Å². The Balaban J connectivity index is 1.54. The molecule has 29 heavy (non-hydrogen) atoms. The highest BCUT2D eigenvalue weighted by Gasteiger charge is 2.10. The van der Waals surface area contributed by atoms with Gasteiger partial charge in [0.1, 0.15) is 18.7 Å². The van der Waals surface area contributed by atoms with Gasteiger partial charge in [0, 0.05) is 28.9 Å². The van der Waals surface area contributed by atoms with Crippen molar-refractivity contribution in [2.45, 2.75) is 33.2 Å². The first-order valence-corrected chi connectivity index (χ1v) is 9.82. The van der Waals surface area contributed by atoms with Crippen molar-refractivity contribution in [2.75, 3.05) is 6.61 Å². The van der Waals surface area contributed by atoms with Crippen LogP contribution in [0.1, 0.15) is 36.5 Å². The minimum absolute atomic E-state index is 0.428. The molecule has 148 valence electrons. The largest absolute Gasteiger partial charge is 0.491 e. The van der Waals surface area contributed by atoms with Crippen LogP contribution in [0.2, 0.25) is 0 Å². The first kappa shape index (κ1) is 18.9. The van der Waals surface area contributed by atoms with E-state index in [-0.39, 0.29) is 0 Å². The van der Waals surface area contributed by atoms with Gasteiger partial charge in [-0.3, -0.25) is 0 Å². The Hall–Kier alpha value is -3.41. The SMILES string of the molecule is Cc1ccc(C(C)C)c(OCCn2cc(C=Nc3ncn[nH]3)c3ccccc32)c1. The van der Waals surface area contributed by atoms with E-state index in [9.17, 15) is 0 Å². The molecule has 0 saturated carbocycles. The number of benzene rings is 2. The van der Waals surface area contributed by atoms with Gasteiger partial charge in [-0.05, 0) is 36.1 Å². The number of para-hydroxylation sites is 1. The van der Waals surface area contributed by atoms with E-state index in [1.54, 1.807) is 0 Å². The molecule has 0 saturated heterocycles. The van der Waals surface area contributed by atoms with E-state index in [0.717, 1.165) is 28.8 Å². The van der Waals surface area contributed by atoms with Gasteiger partial charge in [-0.25, -0.2) is 10.1 Å². The molecule has 0 aliphatic carbocycles. The fraction of sp³-hybridized carbons (Fsp3) is 0.261. The number of aromatic nitrogens is 4. The molecular formula is C23H25N5O. The average Bonchev–Trinajstić information content (AvgIpc) is 3.34. The standard InChI is InChI=1S/C23H25N5O/c1-16(2)19-9-8-17(3)12-22(19)29-11-10-28-14-18(13-24-23-25-15-26-27-23)20-6-4-5-7-21(20)28/h4-9,12-16H,10-11H2,1-3H3,(H,25,26,27). The van der Waals surface area contributed by atoms with Crippen molar-refractivity contribution in [3.63, 3.8) is 0 Å². The number of nitrogens with zero attached hydrogens (tertiary/aromatic N) is 4. The van der Waals surface area contributed by atoms with Gasteiger partial charge < -0.3 is 9.30 Å². The van der Waals surface area contributed by atoms with Crippen molar-refractivity contribution >= 4 is 23.1 Å². The Bertz CT molecular complexity index is 1130. The molecule has 1 N–H and O–H groups in total. The number of aliphatic imine (C=N–C) groups is 1. The Labute approximate surface area is 170 Å². The fourth-order valence-corrected chi connectivity index (χ4v) is 3.45. The molecule has 0 aliphatic rings. The van der Waals surface area contributed by atoms with Crippen molar-refractivity contribution in [2.24, 2.45) is 4.99 Å². The highest BCUT2D eigenvalue weighted by molar-refractivity contribution is 5.99. The molecule has 2 aromatic carbocycles. The van der Waals surface area contributed by atoms with E-state index < -0.39 is 0 Å². The number of rotatable bonds is 7. The summed E-state index contributed by atoms with van der Waals surface area (Å²) in [6.45, 7) is 7.83. The lowest BCUT2D eigenvalue weighted by Gasteiger charge is -2.15. The van der Waals surface area contributed by atoms with Gasteiger partial charge in [-0.15, -0.1) is 0 Å². The summed E-state index contributed by atoms with van der Waals surface area (Å²) < 4.78 is 8.39. The van der Waals surface area contributed by atoms with Crippen LogP contribution in [0.15, 0.2) is 60.0 Å². The van der Waals surface area contributed by atoms with Crippen molar-refractivity contribution in [1.29, 1.82) is 0 Å². The van der Waals surface area contributed by atoms with Gasteiger partial charge in [0.05, 0.1) is 6.54 Å². The van der Waals surface area contributed by atoms with Gasteiger partial charge >= 0.3 is 0 Å². The van der Waals surface area contributed by atoms with Crippen LogP contribution in [0.25, 0.3) is 10.9 Å². The molecule has 4 aromatic rings. The molecule has 2 heterocycles. The number of fused-ring (bicyclic) bond motifs is 1. The van der Waals surface area contributed by atoms with Crippen molar-refractivity contribution in [3.05, 3.63) is 71.7 Å². The summed E-state index contributed by atoms with van der Waals surface area (Å²) in [5, 5.41) is 7.72. The van der Waals surface area contributed by atoms with Crippen LogP contribution in [-0.4, -0.2) is 32.6 Å². The van der Waals surface area contributed by atoms with E-state index in [1.165, 1.54) is 17.5 Å². The molecule has 0 bridgehead atoms. The molecule has 4 rings (SSSR count). The Morgan fingerprint density at radius 2 is 2.07 bits per heavy atom. The van der Waals surface area contributed by atoms with Gasteiger partial charge in [0.2, 0.25) is 5.95 Å². The first-order chi connectivity index (χ1) is 14.1. The summed E-state index contributed by atoms with van der Waals surface area (Å²) in [7, 11) is 0. The zero-order valence-electron chi connectivity index (χ0n) is 17.0. The van der Waals surface area contributed by atoms with E-state index in [4.69, 9.17) is 4.74 Å². The summed E-state index contributed by atoms with van der Waals surface area (Å²) in [5.74, 6) is 1.89. The summed E-state index contributed by atoms with van der Waals surface area (Å²) in [6.07, 6.45) is 5.37. The van der Waals surface area contributed by atoms with Crippen LogP contribution in [0, 0.1) is 6.92 Å². The third-order valence-corrected chi connectivity index (χ3v) is 4.93. The second-order valence-corrected chi connectivity index (χ2v) is 7.41. The minimum atomic E-state index is 0.428. The highest BCUT2D eigenvalue weighted by atomic mass is 16.5. The van der Waals surface area contributed by atoms with E-state index >= 15 is 0 Å².